The van der Waals surface area contributed by atoms with Crippen LogP contribution in [0.15, 0.2) is 42.5 Å². The first kappa shape index (κ1) is 26.1. The highest BCUT2D eigenvalue weighted by Crippen LogP contribution is 2.42. The van der Waals surface area contributed by atoms with E-state index in [0.29, 0.717) is 18.9 Å². The second kappa shape index (κ2) is 12.2. The molecule has 4 rings (SSSR count). The molecule has 0 aliphatic carbocycles. The summed E-state index contributed by atoms with van der Waals surface area (Å²) in [5.41, 5.74) is 9.08. The van der Waals surface area contributed by atoms with Gasteiger partial charge in [0.05, 0.1) is 12.2 Å². The molecular formula is C24H34Br2N2O3. The Kier molecular flexibility index (Phi) is 10.3. The van der Waals surface area contributed by atoms with Gasteiger partial charge in [-0.2, -0.15) is 0 Å². The molecule has 0 spiro atoms. The van der Waals surface area contributed by atoms with Gasteiger partial charge in [0.25, 0.3) is 0 Å². The van der Waals surface area contributed by atoms with Crippen LogP contribution in [0.1, 0.15) is 42.1 Å². The third-order valence-corrected chi connectivity index (χ3v) is 6.54. The standard InChI is InChI=1S/C24H32N2O3.2BrH/c25-16-23-19-8-9-21(27)24(28)20(19)15-22(29-23)18-10-13-26(14-11-18)12-4-7-17-5-2-1-3-6-17;;/h1-3,5-6,8-9,18,22-23,27-28H,4,7,10-16,25H2;2*1H/t22-,23-;;/m0../s1. The van der Waals surface area contributed by atoms with Gasteiger partial charge in [-0.1, -0.05) is 36.4 Å². The lowest BCUT2D eigenvalue weighted by Gasteiger charge is -2.40. The van der Waals surface area contributed by atoms with E-state index in [2.05, 4.69) is 35.2 Å². The van der Waals surface area contributed by atoms with Crippen LogP contribution in [-0.2, 0) is 17.6 Å². The summed E-state index contributed by atoms with van der Waals surface area (Å²) in [6.45, 7) is 3.69. The molecule has 2 aliphatic rings. The van der Waals surface area contributed by atoms with Crippen LogP contribution in [0.5, 0.6) is 11.5 Å². The maximum Gasteiger partial charge on any atom is 0.161 e. The number of phenols is 2. The van der Waals surface area contributed by atoms with Gasteiger partial charge in [-0.05, 0) is 68.4 Å². The minimum absolute atomic E-state index is 0. The van der Waals surface area contributed by atoms with Gasteiger partial charge in [-0.25, -0.2) is 0 Å². The van der Waals surface area contributed by atoms with Crippen LogP contribution in [0.4, 0.5) is 0 Å². The SMILES string of the molecule is Br.Br.NC[C@@H]1O[C@H](C2CCN(CCCc3ccccc3)CC2)Cc2c1ccc(O)c2O. The Morgan fingerprint density at radius 2 is 1.71 bits per heavy atom. The molecule has 5 nitrogen and oxygen atoms in total. The molecule has 2 heterocycles. The second-order valence-corrected chi connectivity index (χ2v) is 8.37. The summed E-state index contributed by atoms with van der Waals surface area (Å²) in [5.74, 6) is 0.394. The second-order valence-electron chi connectivity index (χ2n) is 8.37. The molecule has 0 unspecified atom stereocenters. The Bertz CT molecular complexity index is 814. The van der Waals surface area contributed by atoms with Gasteiger partial charge < -0.3 is 25.6 Å². The summed E-state index contributed by atoms with van der Waals surface area (Å²) in [6, 6.07) is 14.0. The van der Waals surface area contributed by atoms with Gasteiger partial charge in [0, 0.05) is 18.5 Å². The van der Waals surface area contributed by atoms with E-state index in [1.54, 1.807) is 0 Å². The highest BCUT2D eigenvalue weighted by molar-refractivity contribution is 8.93. The molecule has 0 bridgehead atoms. The number of nitrogens with two attached hydrogens (primary N) is 1. The van der Waals surface area contributed by atoms with Crippen molar-refractivity contribution in [1.29, 1.82) is 0 Å². The summed E-state index contributed by atoms with van der Waals surface area (Å²) in [6.07, 6.45) is 5.00. The number of benzene rings is 2. The number of halogens is 2. The van der Waals surface area contributed by atoms with E-state index in [0.717, 1.165) is 50.0 Å². The molecule has 172 valence electrons. The molecule has 0 radical (unpaired) electrons. The number of ether oxygens (including phenoxy) is 1. The van der Waals surface area contributed by atoms with Crippen LogP contribution in [0, 0.1) is 5.92 Å². The zero-order valence-electron chi connectivity index (χ0n) is 17.8. The van der Waals surface area contributed by atoms with Crippen molar-refractivity contribution in [2.45, 2.75) is 44.3 Å². The number of hydrogen-bond acceptors (Lipinski definition) is 5. The number of nitrogens with zero attached hydrogens (tertiary/aromatic N) is 1. The van der Waals surface area contributed by atoms with Crippen molar-refractivity contribution in [2.75, 3.05) is 26.2 Å². The number of piperidine rings is 1. The minimum Gasteiger partial charge on any atom is -0.504 e. The summed E-state index contributed by atoms with van der Waals surface area (Å²) in [4.78, 5) is 2.56. The highest BCUT2D eigenvalue weighted by atomic mass is 79.9. The maximum atomic E-state index is 10.4. The minimum atomic E-state index is -0.209. The van der Waals surface area contributed by atoms with Gasteiger partial charge >= 0.3 is 0 Å². The van der Waals surface area contributed by atoms with Gasteiger partial charge in [0.15, 0.2) is 11.5 Å². The lowest BCUT2D eigenvalue weighted by Crippen LogP contribution is -2.42. The Hall–Kier alpha value is -1.12. The van der Waals surface area contributed by atoms with Crippen molar-refractivity contribution in [3.63, 3.8) is 0 Å². The third kappa shape index (κ3) is 6.23. The quantitative estimate of drug-likeness (QED) is 0.454. The molecular weight excluding hydrogens is 524 g/mol. The molecule has 0 amide bonds. The van der Waals surface area contributed by atoms with Crippen LogP contribution in [0.25, 0.3) is 0 Å². The van der Waals surface area contributed by atoms with E-state index in [1.807, 2.05) is 6.07 Å². The molecule has 1 saturated heterocycles. The first-order chi connectivity index (χ1) is 14.2. The average Bonchev–Trinajstić information content (AvgIpc) is 2.77. The van der Waals surface area contributed by atoms with Gasteiger partial charge in [0.1, 0.15) is 0 Å². The topological polar surface area (TPSA) is 79.0 Å². The molecule has 2 aromatic carbocycles. The third-order valence-electron chi connectivity index (χ3n) is 6.54. The number of rotatable bonds is 6. The Morgan fingerprint density at radius 1 is 1.00 bits per heavy atom. The molecule has 1 fully saturated rings. The van der Waals surface area contributed by atoms with E-state index in [4.69, 9.17) is 10.5 Å². The molecule has 2 aliphatic heterocycles. The summed E-state index contributed by atoms with van der Waals surface area (Å²) >= 11 is 0. The van der Waals surface area contributed by atoms with Crippen molar-refractivity contribution >= 4 is 34.0 Å². The number of phenolic OH excluding ortho intramolecular Hbond substituents is 2. The van der Waals surface area contributed by atoms with E-state index < -0.39 is 0 Å². The molecule has 0 saturated carbocycles. The number of likely N-dealkylation sites (tertiary alicyclic amines) is 1. The van der Waals surface area contributed by atoms with E-state index in [1.165, 1.54) is 18.1 Å². The Morgan fingerprint density at radius 3 is 2.39 bits per heavy atom. The summed E-state index contributed by atoms with van der Waals surface area (Å²) in [5, 5.41) is 20.3. The first-order valence-corrected chi connectivity index (χ1v) is 10.8. The summed E-state index contributed by atoms with van der Waals surface area (Å²) < 4.78 is 6.33. The van der Waals surface area contributed by atoms with Crippen molar-refractivity contribution in [1.82, 2.24) is 4.90 Å². The number of hydrogen-bond donors (Lipinski definition) is 3. The summed E-state index contributed by atoms with van der Waals surface area (Å²) in [7, 11) is 0. The van der Waals surface area contributed by atoms with Crippen LogP contribution in [-0.4, -0.2) is 47.4 Å². The fourth-order valence-corrected chi connectivity index (χ4v) is 4.85. The van der Waals surface area contributed by atoms with Crippen molar-refractivity contribution < 1.29 is 14.9 Å². The van der Waals surface area contributed by atoms with Crippen LogP contribution in [0.2, 0.25) is 0 Å². The normalized spacial score (nSPS) is 21.6. The molecule has 7 heteroatoms. The van der Waals surface area contributed by atoms with Gasteiger partial charge in [-0.15, -0.1) is 34.0 Å². The predicted octanol–water partition coefficient (Wildman–Crippen LogP) is 4.54. The van der Waals surface area contributed by atoms with Crippen LogP contribution in [0.3, 0.4) is 0 Å². The van der Waals surface area contributed by atoms with Crippen molar-refractivity contribution in [3.8, 4) is 11.5 Å². The lowest BCUT2D eigenvalue weighted by atomic mass is 9.83. The van der Waals surface area contributed by atoms with Crippen LogP contribution < -0.4 is 5.73 Å². The smallest absolute Gasteiger partial charge is 0.161 e. The maximum absolute atomic E-state index is 10.4. The van der Waals surface area contributed by atoms with Gasteiger partial charge in [-0.3, -0.25) is 0 Å². The number of fused-ring (bicyclic) bond motifs is 1. The highest BCUT2D eigenvalue weighted by Gasteiger charge is 2.35. The zero-order chi connectivity index (χ0) is 20.2. The van der Waals surface area contributed by atoms with Crippen LogP contribution >= 0.6 is 34.0 Å². The largest absolute Gasteiger partial charge is 0.504 e. The fraction of sp³-hybridized carbons (Fsp3) is 0.500. The number of aryl methyl sites for hydroxylation is 1. The molecule has 4 N–H and O–H groups in total. The van der Waals surface area contributed by atoms with E-state index >= 15 is 0 Å². The van der Waals surface area contributed by atoms with Crippen molar-refractivity contribution in [3.05, 3.63) is 59.2 Å². The molecule has 2 atom stereocenters. The van der Waals surface area contributed by atoms with Gasteiger partial charge in [0.2, 0.25) is 0 Å². The Labute approximate surface area is 206 Å². The molecule has 2 aromatic rings. The lowest BCUT2D eigenvalue weighted by molar-refractivity contribution is -0.0647. The number of aromatic hydroxyl groups is 2. The predicted molar refractivity (Wildman–Crippen MR) is 135 cm³/mol. The first-order valence-electron chi connectivity index (χ1n) is 10.8. The van der Waals surface area contributed by atoms with Crippen molar-refractivity contribution in [2.24, 2.45) is 11.7 Å². The van der Waals surface area contributed by atoms with E-state index in [-0.39, 0.29) is 57.7 Å². The average molecular weight is 558 g/mol. The zero-order valence-corrected chi connectivity index (χ0v) is 21.2. The molecule has 0 aromatic heterocycles. The Balaban J connectivity index is 0.00000171. The molecule has 31 heavy (non-hydrogen) atoms. The van der Waals surface area contributed by atoms with E-state index in [9.17, 15) is 10.2 Å². The fourth-order valence-electron chi connectivity index (χ4n) is 4.85. The monoisotopic (exact) mass is 556 g/mol.